The largest absolute Gasteiger partial charge is 0.353 e. The first-order valence-corrected chi connectivity index (χ1v) is 8.87. The molecule has 1 aliphatic carbocycles. The highest BCUT2D eigenvalue weighted by Crippen LogP contribution is 2.45. The molecule has 1 amide bonds. The van der Waals surface area contributed by atoms with Crippen molar-refractivity contribution in [1.82, 2.24) is 15.3 Å². The van der Waals surface area contributed by atoms with E-state index in [4.69, 9.17) is 10.8 Å². The predicted molar refractivity (Wildman–Crippen MR) is 106 cm³/mol. The van der Waals surface area contributed by atoms with Crippen LogP contribution in [0.4, 0.5) is 0 Å². The summed E-state index contributed by atoms with van der Waals surface area (Å²) < 4.78 is 0. The second kappa shape index (κ2) is 6.16. The second-order valence-electron chi connectivity index (χ2n) is 7.42. The molecule has 0 radical (unpaired) electrons. The monoisotopic (exact) mass is 359 g/mol. The summed E-state index contributed by atoms with van der Waals surface area (Å²) in [5.41, 5.74) is 4.13. The lowest BCUT2D eigenvalue weighted by Crippen LogP contribution is -2.28. The second-order valence-corrected chi connectivity index (χ2v) is 7.42. The van der Waals surface area contributed by atoms with E-state index in [1.807, 2.05) is 44.2 Å². The number of fused-ring (bicyclic) bond motifs is 3. The first-order chi connectivity index (χ1) is 12.9. The number of hydrogen-bond donors (Lipinski definition) is 4. The van der Waals surface area contributed by atoms with Gasteiger partial charge >= 0.3 is 0 Å². The van der Waals surface area contributed by atoms with E-state index in [0.717, 1.165) is 27.9 Å². The minimum atomic E-state index is -0.366. The summed E-state index contributed by atoms with van der Waals surface area (Å²) in [5.74, 6) is -0.420. The molecule has 0 bridgehead atoms. The predicted octanol–water partition coefficient (Wildman–Crippen LogP) is 3.42. The molecule has 1 aromatic carbocycles. The molecule has 2 heterocycles. The van der Waals surface area contributed by atoms with Gasteiger partial charge in [0.15, 0.2) is 0 Å². The maximum atomic E-state index is 12.6. The molecular formula is C21H21N5O. The first-order valence-electron chi connectivity index (χ1n) is 8.87. The molecule has 0 spiro atoms. The van der Waals surface area contributed by atoms with Crippen LogP contribution in [-0.2, 0) is 12.0 Å². The Bertz CT molecular complexity index is 1060. The number of carbonyl (C=O) groups excluding carboxylic acids is 1. The van der Waals surface area contributed by atoms with Gasteiger partial charge in [0.1, 0.15) is 0 Å². The highest BCUT2D eigenvalue weighted by Gasteiger charge is 2.45. The molecule has 1 unspecified atom stereocenters. The molecule has 4 N–H and O–H groups in total. The number of pyridine rings is 1. The maximum Gasteiger partial charge on any atom is 0.251 e. The lowest BCUT2D eigenvalue weighted by atomic mass is 9.78. The highest BCUT2D eigenvalue weighted by molar-refractivity contribution is 6.16. The molecule has 1 atom stereocenters. The average Bonchev–Trinajstić information content (AvgIpc) is 3.14. The number of carbonyl (C=O) groups is 1. The standard InChI is InChI=1S/C21H21N5O/c1-21(2)15(10-22)18(23)19-17(21)14-9-12(6-7-16(14)26-19)20(27)25-11-13-5-3-4-8-24-13/h3-10,15,22-23,26H,11H2,1-2H3,(H,25,27). The average molecular weight is 359 g/mol. The van der Waals surface area contributed by atoms with Crippen molar-refractivity contribution in [3.05, 3.63) is 65.1 Å². The Kier molecular flexibility index (Phi) is 3.91. The Hall–Kier alpha value is -3.28. The molecule has 0 fully saturated rings. The SMILES string of the molecule is CC1(C)c2c([nH]c3ccc(C(=O)NCc4ccccn4)cc23)C(=N)C1C=N. The summed E-state index contributed by atoms with van der Waals surface area (Å²) >= 11 is 0. The molecule has 6 heteroatoms. The number of nitrogens with one attached hydrogen (secondary N) is 4. The van der Waals surface area contributed by atoms with Crippen molar-refractivity contribution in [3.8, 4) is 0 Å². The van der Waals surface area contributed by atoms with Crippen molar-refractivity contribution in [3.63, 3.8) is 0 Å². The summed E-state index contributed by atoms with van der Waals surface area (Å²) in [6.45, 7) is 4.46. The van der Waals surface area contributed by atoms with Gasteiger partial charge in [-0.3, -0.25) is 9.78 Å². The molecule has 0 saturated carbocycles. The van der Waals surface area contributed by atoms with Gasteiger partial charge in [-0.1, -0.05) is 19.9 Å². The van der Waals surface area contributed by atoms with E-state index in [1.165, 1.54) is 6.21 Å². The lowest BCUT2D eigenvalue weighted by Gasteiger charge is -2.24. The molecule has 4 rings (SSSR count). The van der Waals surface area contributed by atoms with Crippen molar-refractivity contribution in [2.45, 2.75) is 25.8 Å². The van der Waals surface area contributed by atoms with Crippen molar-refractivity contribution in [2.24, 2.45) is 5.92 Å². The van der Waals surface area contributed by atoms with Crippen LogP contribution < -0.4 is 5.32 Å². The molecule has 0 aliphatic heterocycles. The third kappa shape index (κ3) is 2.65. The summed E-state index contributed by atoms with van der Waals surface area (Å²) in [4.78, 5) is 20.1. The Labute approximate surface area is 157 Å². The number of H-pyrrole nitrogens is 1. The van der Waals surface area contributed by atoms with E-state index in [9.17, 15) is 4.79 Å². The van der Waals surface area contributed by atoms with Gasteiger partial charge in [-0.25, -0.2) is 0 Å². The normalized spacial score (nSPS) is 17.7. The molecule has 3 aromatic rings. The molecule has 136 valence electrons. The highest BCUT2D eigenvalue weighted by atomic mass is 16.1. The molecule has 6 nitrogen and oxygen atoms in total. The zero-order valence-corrected chi connectivity index (χ0v) is 15.3. The van der Waals surface area contributed by atoms with Crippen LogP contribution in [0.15, 0.2) is 42.6 Å². The van der Waals surface area contributed by atoms with Crippen molar-refractivity contribution in [2.75, 3.05) is 0 Å². The van der Waals surface area contributed by atoms with Gasteiger partial charge in [0, 0.05) is 40.2 Å². The van der Waals surface area contributed by atoms with Crippen LogP contribution in [0.5, 0.6) is 0 Å². The molecule has 27 heavy (non-hydrogen) atoms. The minimum Gasteiger partial charge on any atom is -0.353 e. The Morgan fingerprint density at radius 2 is 2.15 bits per heavy atom. The summed E-state index contributed by atoms with van der Waals surface area (Å²) in [7, 11) is 0. The van der Waals surface area contributed by atoms with E-state index in [1.54, 1.807) is 12.3 Å². The fourth-order valence-electron chi connectivity index (χ4n) is 3.94. The number of rotatable bonds is 4. The van der Waals surface area contributed by atoms with Crippen molar-refractivity contribution < 1.29 is 4.79 Å². The fraction of sp³-hybridized carbons (Fsp3) is 0.238. The summed E-state index contributed by atoms with van der Waals surface area (Å²) in [6.07, 6.45) is 3.04. The van der Waals surface area contributed by atoms with Gasteiger partial charge in [0.25, 0.3) is 5.91 Å². The number of hydrogen-bond acceptors (Lipinski definition) is 4. The molecule has 2 aromatic heterocycles. The number of aromatic amines is 1. The van der Waals surface area contributed by atoms with Gasteiger partial charge in [-0.15, -0.1) is 0 Å². The quantitative estimate of drug-likeness (QED) is 0.536. The van der Waals surface area contributed by atoms with Gasteiger partial charge in [-0.2, -0.15) is 0 Å². The lowest BCUT2D eigenvalue weighted by molar-refractivity contribution is 0.0950. The number of amides is 1. The zero-order valence-electron chi connectivity index (χ0n) is 15.3. The Morgan fingerprint density at radius 1 is 1.33 bits per heavy atom. The molecule has 1 aliphatic rings. The van der Waals surface area contributed by atoms with E-state index < -0.39 is 0 Å². The Balaban J connectivity index is 1.68. The fourth-order valence-corrected chi connectivity index (χ4v) is 3.94. The molecular weight excluding hydrogens is 338 g/mol. The van der Waals surface area contributed by atoms with Gasteiger partial charge < -0.3 is 21.1 Å². The Morgan fingerprint density at radius 3 is 2.85 bits per heavy atom. The van der Waals surface area contributed by atoms with Crippen LogP contribution in [0.2, 0.25) is 0 Å². The number of benzene rings is 1. The van der Waals surface area contributed by atoms with Crippen LogP contribution in [-0.4, -0.2) is 27.8 Å². The van der Waals surface area contributed by atoms with Crippen LogP contribution in [0.25, 0.3) is 10.9 Å². The van der Waals surface area contributed by atoms with Crippen LogP contribution in [0.3, 0.4) is 0 Å². The van der Waals surface area contributed by atoms with E-state index in [-0.39, 0.29) is 17.2 Å². The van der Waals surface area contributed by atoms with Gasteiger partial charge in [0.2, 0.25) is 0 Å². The van der Waals surface area contributed by atoms with E-state index in [2.05, 4.69) is 15.3 Å². The number of aromatic nitrogens is 2. The van der Waals surface area contributed by atoms with Crippen LogP contribution >= 0.6 is 0 Å². The minimum absolute atomic E-state index is 0.160. The van der Waals surface area contributed by atoms with Gasteiger partial charge in [-0.05, 0) is 35.9 Å². The van der Waals surface area contributed by atoms with Crippen molar-refractivity contribution in [1.29, 1.82) is 10.8 Å². The first kappa shape index (κ1) is 17.1. The molecule has 0 saturated heterocycles. The van der Waals surface area contributed by atoms with E-state index in [0.29, 0.717) is 17.8 Å². The summed E-state index contributed by atoms with van der Waals surface area (Å²) in [6, 6.07) is 11.1. The zero-order chi connectivity index (χ0) is 19.2. The topological polar surface area (TPSA) is 105 Å². The van der Waals surface area contributed by atoms with Crippen LogP contribution in [0.1, 0.15) is 41.2 Å². The van der Waals surface area contributed by atoms with Crippen molar-refractivity contribution >= 4 is 28.7 Å². The maximum absolute atomic E-state index is 12.6. The third-order valence-corrected chi connectivity index (χ3v) is 5.39. The third-order valence-electron chi connectivity index (χ3n) is 5.39. The number of nitrogens with zero attached hydrogens (tertiary/aromatic N) is 1. The van der Waals surface area contributed by atoms with Crippen LogP contribution in [0, 0.1) is 16.7 Å². The summed E-state index contributed by atoms with van der Waals surface area (Å²) in [5, 5.41) is 20.0. The smallest absolute Gasteiger partial charge is 0.251 e. The van der Waals surface area contributed by atoms with E-state index >= 15 is 0 Å². The van der Waals surface area contributed by atoms with Gasteiger partial charge in [0.05, 0.1) is 23.6 Å².